The number of hydrogen-bond acceptors (Lipinski definition) is 3. The lowest BCUT2D eigenvalue weighted by molar-refractivity contribution is 0.428. The van der Waals surface area contributed by atoms with E-state index in [-0.39, 0.29) is 5.25 Å². The summed E-state index contributed by atoms with van der Waals surface area (Å²) in [5.74, 6) is 0.299. The Labute approximate surface area is 145 Å². The van der Waals surface area contributed by atoms with E-state index in [1.165, 1.54) is 0 Å². The number of aliphatic hydroxyl groups is 1. The Kier molecular flexibility index (Phi) is 4.51. The van der Waals surface area contributed by atoms with Crippen LogP contribution in [0.25, 0.3) is 5.57 Å². The van der Waals surface area contributed by atoms with Crippen LogP contribution in [0.4, 0.5) is 0 Å². The van der Waals surface area contributed by atoms with E-state index < -0.39 is 0 Å². The van der Waals surface area contributed by atoms with Gasteiger partial charge in [-0.25, -0.2) is 0 Å². The summed E-state index contributed by atoms with van der Waals surface area (Å²) in [6.07, 6.45) is 1.78. The van der Waals surface area contributed by atoms with Crippen LogP contribution in [0.1, 0.15) is 34.6 Å². The van der Waals surface area contributed by atoms with Crippen LogP contribution in [0.15, 0.2) is 53.3 Å². The zero-order valence-corrected chi connectivity index (χ0v) is 14.9. The molecule has 4 heteroatoms. The first-order valence-corrected chi connectivity index (χ1v) is 8.75. The van der Waals surface area contributed by atoms with Gasteiger partial charge < -0.3 is 5.11 Å². The van der Waals surface area contributed by atoms with Crippen molar-refractivity contribution in [1.29, 1.82) is 0 Å². The maximum atomic E-state index is 10.8. The molecule has 0 aliphatic carbocycles. The number of aliphatic hydroxyl groups excluding tert-OH is 1. The minimum Gasteiger partial charge on any atom is -0.507 e. The second kappa shape index (κ2) is 6.42. The monoisotopic (exact) mass is 343 g/mol. The Balaban J connectivity index is 2.04. The maximum Gasteiger partial charge on any atom is 0.124 e. The third-order valence-corrected chi connectivity index (χ3v) is 5.54. The Hall–Kier alpha value is -1.71. The Bertz CT molecular complexity index is 788. The largest absolute Gasteiger partial charge is 0.507 e. The van der Waals surface area contributed by atoms with Crippen LogP contribution in [0, 0.1) is 13.8 Å². The van der Waals surface area contributed by atoms with Crippen molar-refractivity contribution in [3.05, 3.63) is 80.7 Å². The molecule has 1 unspecified atom stereocenters. The van der Waals surface area contributed by atoms with Gasteiger partial charge in [0.05, 0.1) is 10.9 Å². The molecular weight excluding hydrogens is 326 g/mol. The molecule has 2 aromatic rings. The third-order valence-electron chi connectivity index (χ3n) is 4.00. The molecule has 3 rings (SSSR count). The molecule has 118 valence electrons. The zero-order valence-electron chi connectivity index (χ0n) is 13.3. The average Bonchev–Trinajstić information content (AvgIpc) is 2.51. The van der Waals surface area contributed by atoms with Crippen LogP contribution >= 0.6 is 23.4 Å². The van der Waals surface area contributed by atoms with Gasteiger partial charge in [0.15, 0.2) is 0 Å². The number of halogens is 1. The van der Waals surface area contributed by atoms with Gasteiger partial charge in [-0.05, 0) is 61.1 Å². The number of nitrogens with zero attached hydrogens (tertiary/aromatic N) is 1. The van der Waals surface area contributed by atoms with Crippen LogP contribution < -0.4 is 0 Å². The third kappa shape index (κ3) is 3.04. The SMILES string of the molecule is CC1=C(O)C(c2c(C)cc(C)cc2Cl)=CSC1c1ccccn1. The molecule has 0 bridgehead atoms. The van der Waals surface area contributed by atoms with E-state index >= 15 is 0 Å². The summed E-state index contributed by atoms with van der Waals surface area (Å²) in [6.45, 7) is 5.99. The van der Waals surface area contributed by atoms with Gasteiger partial charge in [0.25, 0.3) is 0 Å². The van der Waals surface area contributed by atoms with Gasteiger partial charge >= 0.3 is 0 Å². The lowest BCUT2D eigenvalue weighted by atomic mass is 9.95. The van der Waals surface area contributed by atoms with Crippen molar-refractivity contribution in [3.8, 4) is 0 Å². The first kappa shape index (κ1) is 16.2. The number of aryl methyl sites for hydroxylation is 2. The fraction of sp³-hybridized carbons (Fsp3) is 0.211. The molecule has 1 aliphatic rings. The fourth-order valence-electron chi connectivity index (χ4n) is 2.89. The van der Waals surface area contributed by atoms with E-state index in [1.54, 1.807) is 18.0 Å². The van der Waals surface area contributed by atoms with Gasteiger partial charge in [0.1, 0.15) is 5.76 Å². The van der Waals surface area contributed by atoms with Crippen molar-refractivity contribution >= 4 is 28.9 Å². The fourth-order valence-corrected chi connectivity index (χ4v) is 4.41. The van der Waals surface area contributed by atoms with E-state index in [9.17, 15) is 5.11 Å². The highest BCUT2D eigenvalue weighted by Crippen LogP contribution is 2.46. The van der Waals surface area contributed by atoms with Gasteiger partial charge in [-0.15, -0.1) is 11.8 Å². The van der Waals surface area contributed by atoms with E-state index in [2.05, 4.69) is 11.1 Å². The quantitative estimate of drug-likeness (QED) is 0.724. The number of pyridine rings is 1. The molecule has 2 nitrogen and oxygen atoms in total. The average molecular weight is 344 g/mol. The number of aromatic nitrogens is 1. The number of hydrogen-bond donors (Lipinski definition) is 1. The summed E-state index contributed by atoms with van der Waals surface area (Å²) < 4.78 is 0. The Morgan fingerprint density at radius 3 is 2.61 bits per heavy atom. The molecule has 0 amide bonds. The van der Waals surface area contributed by atoms with Crippen LogP contribution in [0.5, 0.6) is 0 Å². The van der Waals surface area contributed by atoms with E-state index in [0.717, 1.165) is 33.5 Å². The van der Waals surface area contributed by atoms with E-state index in [0.29, 0.717) is 10.8 Å². The molecule has 0 saturated heterocycles. The topological polar surface area (TPSA) is 33.1 Å². The molecule has 1 aromatic heterocycles. The summed E-state index contributed by atoms with van der Waals surface area (Å²) in [5, 5.41) is 13.4. The Morgan fingerprint density at radius 1 is 1.17 bits per heavy atom. The summed E-state index contributed by atoms with van der Waals surface area (Å²) >= 11 is 8.09. The highest BCUT2D eigenvalue weighted by molar-refractivity contribution is 8.02. The normalized spacial score (nSPS) is 18.1. The number of allylic oxidation sites excluding steroid dienone is 1. The summed E-state index contributed by atoms with van der Waals surface area (Å²) in [6, 6.07) is 9.86. The molecule has 1 aromatic carbocycles. The molecule has 0 fully saturated rings. The first-order valence-electron chi connectivity index (χ1n) is 7.43. The molecule has 0 spiro atoms. The summed E-state index contributed by atoms with van der Waals surface area (Å²) in [7, 11) is 0. The van der Waals surface area contributed by atoms with Crippen LogP contribution in [-0.2, 0) is 0 Å². The predicted molar refractivity (Wildman–Crippen MR) is 98.8 cm³/mol. The van der Waals surface area contributed by atoms with Gasteiger partial charge in [0, 0.05) is 22.4 Å². The molecule has 23 heavy (non-hydrogen) atoms. The second-order valence-electron chi connectivity index (χ2n) is 5.77. The molecule has 1 atom stereocenters. The zero-order chi connectivity index (χ0) is 16.6. The minimum absolute atomic E-state index is 0.0319. The lowest BCUT2D eigenvalue weighted by Gasteiger charge is -2.24. The standard InChI is InChI=1S/C19H18ClNOS/c1-11-8-12(2)17(15(20)9-11)14-10-23-19(13(3)18(14)22)16-6-4-5-7-21-16/h4-10,19,22H,1-3H3. The van der Waals surface area contributed by atoms with E-state index in [1.807, 2.05) is 50.4 Å². The number of rotatable bonds is 2. The molecule has 1 N–H and O–H groups in total. The molecular formula is C19H18ClNOS. The van der Waals surface area contributed by atoms with Crippen molar-refractivity contribution in [1.82, 2.24) is 4.98 Å². The van der Waals surface area contributed by atoms with Crippen molar-refractivity contribution in [3.63, 3.8) is 0 Å². The second-order valence-corrected chi connectivity index (χ2v) is 7.16. The molecule has 0 radical (unpaired) electrons. The highest BCUT2D eigenvalue weighted by Gasteiger charge is 2.26. The van der Waals surface area contributed by atoms with Crippen LogP contribution in [0.2, 0.25) is 5.02 Å². The smallest absolute Gasteiger partial charge is 0.124 e. The van der Waals surface area contributed by atoms with Crippen molar-refractivity contribution in [2.24, 2.45) is 0 Å². The first-order chi connectivity index (χ1) is 11.0. The lowest BCUT2D eigenvalue weighted by Crippen LogP contribution is -2.07. The van der Waals surface area contributed by atoms with Gasteiger partial charge in [-0.2, -0.15) is 0 Å². The summed E-state index contributed by atoms with van der Waals surface area (Å²) in [4.78, 5) is 4.41. The van der Waals surface area contributed by atoms with Crippen molar-refractivity contribution in [2.75, 3.05) is 0 Å². The molecule has 0 saturated carbocycles. The number of thioether (sulfide) groups is 1. The highest BCUT2D eigenvalue weighted by atomic mass is 35.5. The van der Waals surface area contributed by atoms with Gasteiger partial charge in [-0.3, -0.25) is 4.98 Å². The van der Waals surface area contributed by atoms with Crippen LogP contribution in [0.3, 0.4) is 0 Å². The summed E-state index contributed by atoms with van der Waals surface area (Å²) in [5.41, 5.74) is 5.73. The molecule has 2 heterocycles. The van der Waals surface area contributed by atoms with Gasteiger partial charge in [0.2, 0.25) is 0 Å². The predicted octanol–water partition coefficient (Wildman–Crippen LogP) is 6.01. The van der Waals surface area contributed by atoms with Crippen LogP contribution in [-0.4, -0.2) is 10.1 Å². The van der Waals surface area contributed by atoms with E-state index in [4.69, 9.17) is 11.6 Å². The Morgan fingerprint density at radius 2 is 1.96 bits per heavy atom. The maximum absolute atomic E-state index is 10.8. The minimum atomic E-state index is 0.0319. The van der Waals surface area contributed by atoms with Gasteiger partial charge in [-0.1, -0.05) is 23.7 Å². The number of benzene rings is 1. The molecule has 1 aliphatic heterocycles. The van der Waals surface area contributed by atoms with Crippen molar-refractivity contribution in [2.45, 2.75) is 26.0 Å². The van der Waals surface area contributed by atoms with Crippen molar-refractivity contribution < 1.29 is 5.11 Å².